The van der Waals surface area contributed by atoms with Crippen molar-refractivity contribution in [1.29, 1.82) is 0 Å². The van der Waals surface area contributed by atoms with Crippen LogP contribution in [0.2, 0.25) is 0 Å². The third-order valence-electron chi connectivity index (χ3n) is 3.74. The fourth-order valence-corrected chi connectivity index (χ4v) is 2.58. The fraction of sp³-hybridized carbons (Fsp3) is 0.929. The smallest absolute Gasteiger partial charge is 0.327 e. The van der Waals surface area contributed by atoms with Gasteiger partial charge in [-0.05, 0) is 26.9 Å². The first-order valence-corrected chi connectivity index (χ1v) is 7.42. The SMILES string of the molecule is CCNC(C)(CN1CCN(CC)CC1)C(=O)OCC. The van der Waals surface area contributed by atoms with Crippen molar-refractivity contribution in [3.63, 3.8) is 0 Å². The Kier molecular flexibility index (Phi) is 6.75. The molecule has 1 aliphatic heterocycles. The summed E-state index contributed by atoms with van der Waals surface area (Å²) in [5.74, 6) is -0.144. The van der Waals surface area contributed by atoms with Crippen molar-refractivity contribution in [2.24, 2.45) is 0 Å². The molecule has 0 saturated carbocycles. The standard InChI is InChI=1S/C14H29N3O2/c1-5-15-14(4,13(18)19-7-3)12-17-10-8-16(6-2)9-11-17/h15H,5-12H2,1-4H3. The molecule has 112 valence electrons. The average molecular weight is 271 g/mol. The normalized spacial score (nSPS) is 21.1. The monoisotopic (exact) mass is 271 g/mol. The Hall–Kier alpha value is -0.650. The van der Waals surface area contributed by atoms with Crippen LogP contribution in [0.1, 0.15) is 27.7 Å². The molecule has 0 bridgehead atoms. The van der Waals surface area contributed by atoms with Gasteiger partial charge in [-0.25, -0.2) is 0 Å². The number of ether oxygens (including phenoxy) is 1. The topological polar surface area (TPSA) is 44.8 Å². The van der Waals surface area contributed by atoms with Crippen molar-refractivity contribution in [3.8, 4) is 0 Å². The number of esters is 1. The van der Waals surface area contributed by atoms with Crippen molar-refractivity contribution in [1.82, 2.24) is 15.1 Å². The lowest BCUT2D eigenvalue weighted by molar-refractivity contribution is -0.151. The van der Waals surface area contributed by atoms with Gasteiger partial charge in [0.1, 0.15) is 5.54 Å². The number of likely N-dealkylation sites (N-methyl/N-ethyl adjacent to an activating group) is 2. The van der Waals surface area contributed by atoms with Gasteiger partial charge in [0.25, 0.3) is 0 Å². The van der Waals surface area contributed by atoms with Crippen LogP contribution < -0.4 is 5.32 Å². The zero-order chi connectivity index (χ0) is 14.3. The molecular weight excluding hydrogens is 242 g/mol. The molecule has 0 aliphatic carbocycles. The third-order valence-corrected chi connectivity index (χ3v) is 3.74. The van der Waals surface area contributed by atoms with Gasteiger partial charge in [-0.2, -0.15) is 0 Å². The number of carbonyl (C=O) groups is 1. The summed E-state index contributed by atoms with van der Waals surface area (Å²) in [6.07, 6.45) is 0. The molecular formula is C14H29N3O2. The molecule has 1 saturated heterocycles. The highest BCUT2D eigenvalue weighted by atomic mass is 16.5. The number of hydrogen-bond donors (Lipinski definition) is 1. The first kappa shape index (κ1) is 16.4. The van der Waals surface area contributed by atoms with E-state index < -0.39 is 5.54 Å². The van der Waals surface area contributed by atoms with Crippen LogP contribution in [0.3, 0.4) is 0 Å². The predicted molar refractivity (Wildman–Crippen MR) is 77.3 cm³/mol. The third kappa shape index (κ3) is 4.75. The molecule has 0 aromatic carbocycles. The molecule has 1 fully saturated rings. The van der Waals surface area contributed by atoms with Gasteiger partial charge in [0, 0.05) is 32.7 Å². The van der Waals surface area contributed by atoms with Crippen molar-refractivity contribution < 1.29 is 9.53 Å². The Balaban J connectivity index is 2.56. The minimum atomic E-state index is -0.598. The molecule has 0 aromatic rings. The Morgan fingerprint density at radius 2 is 1.74 bits per heavy atom. The quantitative estimate of drug-likeness (QED) is 0.685. The Morgan fingerprint density at radius 3 is 2.21 bits per heavy atom. The van der Waals surface area contributed by atoms with Gasteiger partial charge in [-0.15, -0.1) is 0 Å². The first-order chi connectivity index (χ1) is 9.05. The van der Waals surface area contributed by atoms with E-state index in [4.69, 9.17) is 4.74 Å². The second-order valence-corrected chi connectivity index (χ2v) is 5.29. The minimum Gasteiger partial charge on any atom is -0.465 e. The maximum Gasteiger partial charge on any atom is 0.327 e. The molecule has 0 amide bonds. The van der Waals surface area contributed by atoms with Crippen LogP contribution in [0, 0.1) is 0 Å². The summed E-state index contributed by atoms with van der Waals surface area (Å²) >= 11 is 0. The van der Waals surface area contributed by atoms with Gasteiger partial charge in [0.05, 0.1) is 6.61 Å². The van der Waals surface area contributed by atoms with E-state index in [-0.39, 0.29) is 5.97 Å². The van der Waals surface area contributed by atoms with Gasteiger partial charge in [0.2, 0.25) is 0 Å². The van der Waals surface area contributed by atoms with E-state index in [1.807, 2.05) is 20.8 Å². The van der Waals surface area contributed by atoms with Gasteiger partial charge >= 0.3 is 5.97 Å². The van der Waals surface area contributed by atoms with Crippen molar-refractivity contribution in [2.75, 3.05) is 52.4 Å². The fourth-order valence-electron chi connectivity index (χ4n) is 2.58. The predicted octanol–water partition coefficient (Wildman–Crippen LogP) is 0.555. The largest absolute Gasteiger partial charge is 0.465 e. The zero-order valence-corrected chi connectivity index (χ0v) is 12.9. The van der Waals surface area contributed by atoms with Crippen molar-refractivity contribution in [2.45, 2.75) is 33.2 Å². The van der Waals surface area contributed by atoms with E-state index in [2.05, 4.69) is 22.0 Å². The summed E-state index contributed by atoms with van der Waals surface area (Å²) in [5.41, 5.74) is -0.598. The summed E-state index contributed by atoms with van der Waals surface area (Å²) < 4.78 is 5.20. The summed E-state index contributed by atoms with van der Waals surface area (Å²) in [7, 11) is 0. The van der Waals surface area contributed by atoms with Gasteiger partial charge in [-0.1, -0.05) is 13.8 Å². The maximum absolute atomic E-state index is 12.1. The van der Waals surface area contributed by atoms with E-state index in [0.29, 0.717) is 6.61 Å². The van der Waals surface area contributed by atoms with E-state index >= 15 is 0 Å². The van der Waals surface area contributed by atoms with E-state index in [1.165, 1.54) is 0 Å². The van der Waals surface area contributed by atoms with E-state index in [1.54, 1.807) is 0 Å². The number of carbonyl (C=O) groups excluding carboxylic acids is 1. The summed E-state index contributed by atoms with van der Waals surface area (Å²) in [6.45, 7) is 15.3. The Labute approximate surface area is 117 Å². The van der Waals surface area contributed by atoms with Gasteiger partial charge < -0.3 is 15.0 Å². The number of rotatable bonds is 7. The summed E-state index contributed by atoms with van der Waals surface area (Å²) in [4.78, 5) is 16.9. The number of nitrogens with zero attached hydrogens (tertiary/aromatic N) is 2. The minimum absolute atomic E-state index is 0.144. The molecule has 19 heavy (non-hydrogen) atoms. The highest BCUT2D eigenvalue weighted by Gasteiger charge is 2.36. The maximum atomic E-state index is 12.1. The van der Waals surface area contributed by atoms with E-state index in [0.717, 1.165) is 45.8 Å². The molecule has 5 nitrogen and oxygen atoms in total. The molecule has 5 heteroatoms. The molecule has 0 aromatic heterocycles. The molecule has 1 rings (SSSR count). The van der Waals surface area contributed by atoms with Crippen molar-refractivity contribution >= 4 is 5.97 Å². The van der Waals surface area contributed by atoms with Crippen LogP contribution in [0.4, 0.5) is 0 Å². The van der Waals surface area contributed by atoms with E-state index in [9.17, 15) is 4.79 Å². The summed E-state index contributed by atoms with van der Waals surface area (Å²) in [6, 6.07) is 0. The Bertz CT molecular complexity index is 278. The molecule has 1 heterocycles. The van der Waals surface area contributed by atoms with Gasteiger partial charge in [-0.3, -0.25) is 9.69 Å². The molecule has 1 aliphatic rings. The summed E-state index contributed by atoms with van der Waals surface area (Å²) in [5, 5.41) is 3.29. The number of nitrogens with one attached hydrogen (secondary N) is 1. The zero-order valence-electron chi connectivity index (χ0n) is 12.9. The second kappa shape index (κ2) is 7.82. The highest BCUT2D eigenvalue weighted by Crippen LogP contribution is 2.12. The molecule has 1 atom stereocenters. The lowest BCUT2D eigenvalue weighted by Gasteiger charge is -2.39. The van der Waals surface area contributed by atoms with Gasteiger partial charge in [0.15, 0.2) is 0 Å². The van der Waals surface area contributed by atoms with Crippen LogP contribution in [-0.4, -0.2) is 73.7 Å². The lowest BCUT2D eigenvalue weighted by atomic mass is 10.0. The number of hydrogen-bond acceptors (Lipinski definition) is 5. The number of piperazine rings is 1. The van der Waals surface area contributed by atoms with Crippen LogP contribution in [0.15, 0.2) is 0 Å². The molecule has 0 radical (unpaired) electrons. The first-order valence-electron chi connectivity index (χ1n) is 7.42. The van der Waals surface area contributed by atoms with Crippen LogP contribution in [-0.2, 0) is 9.53 Å². The second-order valence-electron chi connectivity index (χ2n) is 5.29. The molecule has 1 N–H and O–H groups in total. The van der Waals surface area contributed by atoms with Crippen LogP contribution in [0.5, 0.6) is 0 Å². The lowest BCUT2D eigenvalue weighted by Crippen LogP contribution is -2.60. The highest BCUT2D eigenvalue weighted by molar-refractivity contribution is 5.80. The molecule has 0 spiro atoms. The van der Waals surface area contributed by atoms with Crippen LogP contribution >= 0.6 is 0 Å². The van der Waals surface area contributed by atoms with Crippen molar-refractivity contribution in [3.05, 3.63) is 0 Å². The molecule has 1 unspecified atom stereocenters. The van der Waals surface area contributed by atoms with Crippen LogP contribution in [0.25, 0.3) is 0 Å². The Morgan fingerprint density at radius 1 is 1.16 bits per heavy atom. The average Bonchev–Trinajstić information content (AvgIpc) is 2.40.